The molecule has 36 heavy (non-hydrogen) atoms. The van der Waals surface area contributed by atoms with Crippen LogP contribution < -0.4 is 14.9 Å². The zero-order valence-corrected chi connectivity index (χ0v) is 21.4. The second kappa shape index (κ2) is 9.45. The SMILES string of the molecule is CS(=O)(=O)c1ccc(CS(=O)(=O)NC2CCN(c3cccc4nc(NC(=O)C5CC5)nn34)CC2)cc1. The average Bonchev–Trinajstić information content (AvgIpc) is 3.59. The molecule has 0 atom stereocenters. The molecule has 0 spiro atoms. The molecule has 3 aromatic rings. The Morgan fingerprint density at radius 1 is 1.00 bits per heavy atom. The average molecular weight is 533 g/mol. The molecule has 1 aliphatic heterocycles. The zero-order valence-electron chi connectivity index (χ0n) is 19.8. The number of piperidine rings is 1. The van der Waals surface area contributed by atoms with E-state index >= 15 is 0 Å². The van der Waals surface area contributed by atoms with Crippen molar-refractivity contribution in [3.63, 3.8) is 0 Å². The lowest BCUT2D eigenvalue weighted by atomic mass is 10.1. The van der Waals surface area contributed by atoms with Crippen molar-refractivity contribution >= 4 is 43.2 Å². The minimum Gasteiger partial charge on any atom is -0.356 e. The van der Waals surface area contributed by atoms with Gasteiger partial charge in [0.05, 0.1) is 10.6 Å². The summed E-state index contributed by atoms with van der Waals surface area (Å²) in [5.41, 5.74) is 1.15. The number of nitrogens with zero attached hydrogens (tertiary/aromatic N) is 4. The maximum absolute atomic E-state index is 12.7. The van der Waals surface area contributed by atoms with Gasteiger partial charge in [-0.3, -0.25) is 10.1 Å². The second-order valence-electron chi connectivity index (χ2n) is 9.41. The molecule has 2 fully saturated rings. The van der Waals surface area contributed by atoms with Crippen molar-refractivity contribution in [2.24, 2.45) is 5.92 Å². The second-order valence-corrected chi connectivity index (χ2v) is 13.2. The number of amides is 1. The topological polar surface area (TPSA) is 143 Å². The summed E-state index contributed by atoms with van der Waals surface area (Å²) in [7, 11) is -6.93. The summed E-state index contributed by atoms with van der Waals surface area (Å²) in [5, 5.41) is 7.25. The Kier molecular flexibility index (Phi) is 6.47. The first kappa shape index (κ1) is 24.7. The molecular formula is C23H28N6O5S2. The molecule has 2 aliphatic rings. The number of sulfone groups is 1. The Labute approximate surface area is 209 Å². The minimum absolute atomic E-state index is 0.0492. The molecule has 1 amide bonds. The minimum atomic E-state index is -3.60. The fraction of sp³-hybridized carbons (Fsp3) is 0.435. The lowest BCUT2D eigenvalue weighted by Gasteiger charge is -2.33. The third kappa shape index (κ3) is 5.68. The first-order chi connectivity index (χ1) is 17.1. The fourth-order valence-corrected chi connectivity index (χ4v) is 6.40. The maximum atomic E-state index is 12.7. The van der Waals surface area contributed by atoms with E-state index in [2.05, 4.69) is 25.0 Å². The predicted octanol–water partition coefficient (Wildman–Crippen LogP) is 1.57. The molecule has 5 rings (SSSR count). The molecule has 3 heterocycles. The van der Waals surface area contributed by atoms with Gasteiger partial charge in [-0.05, 0) is 55.5 Å². The van der Waals surface area contributed by atoms with Gasteiger partial charge in [-0.15, -0.1) is 5.10 Å². The van der Waals surface area contributed by atoms with E-state index in [1.54, 1.807) is 4.52 Å². The van der Waals surface area contributed by atoms with Crippen molar-refractivity contribution in [1.82, 2.24) is 19.3 Å². The van der Waals surface area contributed by atoms with Gasteiger partial charge in [0.2, 0.25) is 21.9 Å². The van der Waals surface area contributed by atoms with Crippen LogP contribution in [-0.4, -0.2) is 62.7 Å². The van der Waals surface area contributed by atoms with Gasteiger partial charge in [0.1, 0.15) is 5.82 Å². The van der Waals surface area contributed by atoms with Crippen molar-refractivity contribution in [2.75, 3.05) is 29.6 Å². The van der Waals surface area contributed by atoms with E-state index < -0.39 is 19.9 Å². The van der Waals surface area contributed by atoms with E-state index in [-0.39, 0.29) is 34.5 Å². The first-order valence-electron chi connectivity index (χ1n) is 11.8. The Balaban J connectivity index is 1.20. The lowest BCUT2D eigenvalue weighted by molar-refractivity contribution is -0.117. The van der Waals surface area contributed by atoms with Crippen molar-refractivity contribution in [3.05, 3.63) is 48.0 Å². The van der Waals surface area contributed by atoms with Crippen LogP contribution in [0.2, 0.25) is 0 Å². The van der Waals surface area contributed by atoms with Crippen LogP contribution in [0.3, 0.4) is 0 Å². The number of carbonyl (C=O) groups excluding carboxylic acids is 1. The Morgan fingerprint density at radius 3 is 2.33 bits per heavy atom. The van der Waals surface area contributed by atoms with Gasteiger partial charge in [0, 0.05) is 31.3 Å². The molecule has 2 aromatic heterocycles. The normalized spacial score (nSPS) is 17.4. The molecule has 1 saturated heterocycles. The van der Waals surface area contributed by atoms with Crippen LogP contribution >= 0.6 is 0 Å². The highest BCUT2D eigenvalue weighted by Gasteiger charge is 2.30. The summed E-state index contributed by atoms with van der Waals surface area (Å²) in [5.74, 6) is 0.911. The van der Waals surface area contributed by atoms with Crippen molar-refractivity contribution in [1.29, 1.82) is 0 Å². The van der Waals surface area contributed by atoms with E-state index in [4.69, 9.17) is 0 Å². The molecule has 11 nitrogen and oxygen atoms in total. The predicted molar refractivity (Wildman–Crippen MR) is 135 cm³/mol. The van der Waals surface area contributed by atoms with E-state index in [0.717, 1.165) is 24.9 Å². The number of anilines is 2. The summed E-state index contributed by atoms with van der Waals surface area (Å²) in [6.07, 6.45) is 4.14. The van der Waals surface area contributed by atoms with Gasteiger partial charge in [-0.1, -0.05) is 18.2 Å². The smallest absolute Gasteiger partial charge is 0.249 e. The lowest BCUT2D eigenvalue weighted by Crippen LogP contribution is -2.45. The molecule has 13 heteroatoms. The summed E-state index contributed by atoms with van der Waals surface area (Å²) in [6.45, 7) is 1.25. The summed E-state index contributed by atoms with van der Waals surface area (Å²) >= 11 is 0. The highest BCUT2D eigenvalue weighted by Crippen LogP contribution is 2.30. The largest absolute Gasteiger partial charge is 0.356 e. The van der Waals surface area contributed by atoms with E-state index in [0.29, 0.717) is 37.1 Å². The third-order valence-electron chi connectivity index (χ3n) is 6.40. The summed E-state index contributed by atoms with van der Waals surface area (Å²) in [4.78, 5) is 18.8. The van der Waals surface area contributed by atoms with Gasteiger partial charge in [-0.2, -0.15) is 9.50 Å². The number of pyridine rings is 1. The van der Waals surface area contributed by atoms with Gasteiger partial charge < -0.3 is 4.90 Å². The Bertz CT molecular complexity index is 1490. The van der Waals surface area contributed by atoms with Crippen LogP contribution in [0.5, 0.6) is 0 Å². The fourth-order valence-electron chi connectivity index (χ4n) is 4.32. The number of nitrogens with one attached hydrogen (secondary N) is 2. The van der Waals surface area contributed by atoms with Gasteiger partial charge in [-0.25, -0.2) is 21.6 Å². The Hall–Kier alpha value is -3.03. The number of benzene rings is 1. The molecule has 0 unspecified atom stereocenters. The van der Waals surface area contributed by atoms with Crippen LogP contribution in [0.1, 0.15) is 31.2 Å². The highest BCUT2D eigenvalue weighted by molar-refractivity contribution is 7.90. The quantitative estimate of drug-likeness (QED) is 0.445. The third-order valence-corrected chi connectivity index (χ3v) is 8.93. The number of fused-ring (bicyclic) bond motifs is 1. The molecular weight excluding hydrogens is 504 g/mol. The standard InChI is InChI=1S/C23H28N6O5S2/c1-35(31,32)19-9-5-16(6-10-19)15-36(33,34)27-18-11-13-28(14-12-18)21-4-2-3-20-24-23(26-29(20)21)25-22(30)17-7-8-17/h2-6,9-10,17-18,27H,7-8,11-15H2,1H3,(H,25,26,30). The molecule has 1 aliphatic carbocycles. The number of sulfonamides is 1. The number of carbonyl (C=O) groups is 1. The molecule has 1 aromatic carbocycles. The van der Waals surface area contributed by atoms with Crippen molar-refractivity contribution < 1.29 is 21.6 Å². The van der Waals surface area contributed by atoms with Gasteiger partial charge >= 0.3 is 0 Å². The van der Waals surface area contributed by atoms with Gasteiger partial charge in [0.15, 0.2) is 15.5 Å². The van der Waals surface area contributed by atoms with Crippen molar-refractivity contribution in [3.8, 4) is 0 Å². The number of hydrogen-bond donors (Lipinski definition) is 2. The molecule has 0 bridgehead atoms. The number of hydrogen-bond acceptors (Lipinski definition) is 8. The number of rotatable bonds is 8. The molecule has 2 N–H and O–H groups in total. The molecule has 1 saturated carbocycles. The van der Waals surface area contributed by atoms with Crippen LogP contribution in [0.25, 0.3) is 5.65 Å². The molecule has 192 valence electrons. The first-order valence-corrected chi connectivity index (χ1v) is 15.3. The van der Waals surface area contributed by atoms with E-state index in [9.17, 15) is 21.6 Å². The van der Waals surface area contributed by atoms with Crippen molar-refractivity contribution in [2.45, 2.75) is 42.4 Å². The Morgan fingerprint density at radius 2 is 1.69 bits per heavy atom. The van der Waals surface area contributed by atoms with E-state index in [1.165, 1.54) is 24.3 Å². The highest BCUT2D eigenvalue weighted by atomic mass is 32.2. The monoisotopic (exact) mass is 532 g/mol. The molecule has 0 radical (unpaired) electrons. The van der Waals surface area contributed by atoms with E-state index in [1.807, 2.05) is 18.2 Å². The number of aromatic nitrogens is 3. The van der Waals surface area contributed by atoms with Gasteiger partial charge in [0.25, 0.3) is 0 Å². The zero-order chi connectivity index (χ0) is 25.5. The van der Waals surface area contributed by atoms with Crippen LogP contribution in [0, 0.1) is 5.92 Å². The maximum Gasteiger partial charge on any atom is 0.249 e. The van der Waals surface area contributed by atoms with Crippen LogP contribution in [-0.2, 0) is 30.4 Å². The van der Waals surface area contributed by atoms with Crippen LogP contribution in [0.15, 0.2) is 47.4 Å². The summed E-state index contributed by atoms with van der Waals surface area (Å²) in [6, 6.07) is 11.3. The summed E-state index contributed by atoms with van der Waals surface area (Å²) < 4.78 is 53.1. The van der Waals surface area contributed by atoms with Crippen LogP contribution in [0.4, 0.5) is 11.8 Å².